The van der Waals surface area contributed by atoms with Gasteiger partial charge in [-0.05, 0) is 24.1 Å². The summed E-state index contributed by atoms with van der Waals surface area (Å²) in [6, 6.07) is 9.66. The molecule has 1 aromatic carbocycles. The highest BCUT2D eigenvalue weighted by Crippen LogP contribution is 2.21. The largest absolute Gasteiger partial charge is 0.496 e. The fourth-order valence-electron chi connectivity index (χ4n) is 2.60. The molecule has 2 N–H and O–H groups in total. The number of ether oxygens (including phenoxy) is 2. The van der Waals surface area contributed by atoms with Gasteiger partial charge in [0, 0.05) is 19.7 Å². The number of hydrogen-bond donors (Lipinski definition) is 2. The van der Waals surface area contributed by atoms with Crippen LogP contribution in [0.15, 0.2) is 41.2 Å². The van der Waals surface area contributed by atoms with Crippen LogP contribution in [0.4, 0.5) is 0 Å². The number of aliphatic carboxylic acids is 1. The van der Waals surface area contributed by atoms with Gasteiger partial charge in [0.2, 0.25) is 0 Å². The molecule has 0 radical (unpaired) electrons. The first kappa shape index (κ1) is 21.1. The van der Waals surface area contributed by atoms with Crippen molar-refractivity contribution in [2.45, 2.75) is 13.0 Å². The van der Waals surface area contributed by atoms with Crippen molar-refractivity contribution in [3.05, 3.63) is 58.0 Å². The van der Waals surface area contributed by atoms with Crippen LogP contribution in [0.3, 0.4) is 0 Å². The van der Waals surface area contributed by atoms with Crippen molar-refractivity contribution in [1.29, 1.82) is 0 Å². The van der Waals surface area contributed by atoms with Crippen molar-refractivity contribution >= 4 is 11.9 Å². The second-order valence-corrected chi connectivity index (χ2v) is 6.03. The van der Waals surface area contributed by atoms with Crippen LogP contribution in [0.5, 0.6) is 5.75 Å². The van der Waals surface area contributed by atoms with Crippen LogP contribution in [0, 0.1) is 5.92 Å². The maximum atomic E-state index is 12.3. The molecule has 1 unspecified atom stereocenters. The summed E-state index contributed by atoms with van der Waals surface area (Å²) in [4.78, 5) is 35.7. The first-order valence-electron chi connectivity index (χ1n) is 8.66. The fourth-order valence-corrected chi connectivity index (χ4v) is 2.60. The lowest BCUT2D eigenvalue weighted by atomic mass is 9.98. The molecule has 28 heavy (non-hydrogen) atoms. The van der Waals surface area contributed by atoms with Gasteiger partial charge in [0.05, 0.1) is 26.2 Å². The Morgan fingerprint density at radius 2 is 1.96 bits per heavy atom. The molecular weight excluding hydrogens is 366 g/mol. The van der Waals surface area contributed by atoms with Crippen LogP contribution in [0.2, 0.25) is 0 Å². The predicted octanol–water partition coefficient (Wildman–Crippen LogP) is 0.572. The summed E-state index contributed by atoms with van der Waals surface area (Å²) in [5.74, 6) is -1.85. The molecule has 0 aliphatic heterocycles. The van der Waals surface area contributed by atoms with Gasteiger partial charge in [-0.2, -0.15) is 5.10 Å². The molecule has 9 heteroatoms. The molecule has 0 saturated carbocycles. The molecule has 0 bridgehead atoms. The Morgan fingerprint density at radius 3 is 2.64 bits per heavy atom. The molecule has 150 valence electrons. The molecule has 0 spiro atoms. The average molecular weight is 389 g/mol. The lowest BCUT2D eigenvalue weighted by Crippen LogP contribution is -2.36. The molecule has 1 heterocycles. The van der Waals surface area contributed by atoms with Gasteiger partial charge in [0.15, 0.2) is 0 Å². The number of carboxylic acid groups (broad SMARTS) is 1. The molecule has 9 nitrogen and oxygen atoms in total. The van der Waals surface area contributed by atoms with Crippen molar-refractivity contribution in [3.63, 3.8) is 0 Å². The van der Waals surface area contributed by atoms with Crippen molar-refractivity contribution in [2.24, 2.45) is 5.92 Å². The van der Waals surface area contributed by atoms with E-state index in [0.29, 0.717) is 5.75 Å². The van der Waals surface area contributed by atoms with Gasteiger partial charge >= 0.3 is 5.97 Å². The number of benzene rings is 1. The third-order valence-electron chi connectivity index (χ3n) is 4.12. The van der Waals surface area contributed by atoms with Crippen molar-refractivity contribution < 1.29 is 24.2 Å². The van der Waals surface area contributed by atoms with E-state index < -0.39 is 17.8 Å². The second-order valence-electron chi connectivity index (χ2n) is 6.03. The SMILES string of the molecule is COCCn1nc(C(=O)NCC(Cc2ccccc2OC)C(=O)O)ccc1=O. The zero-order valence-electron chi connectivity index (χ0n) is 15.8. The highest BCUT2D eigenvalue weighted by Gasteiger charge is 2.21. The number of methoxy groups -OCH3 is 2. The highest BCUT2D eigenvalue weighted by atomic mass is 16.5. The summed E-state index contributed by atoms with van der Waals surface area (Å²) < 4.78 is 11.3. The minimum atomic E-state index is -1.04. The summed E-state index contributed by atoms with van der Waals surface area (Å²) in [6.07, 6.45) is 0.195. The molecule has 0 saturated heterocycles. The van der Waals surface area contributed by atoms with E-state index in [1.807, 2.05) is 0 Å². The van der Waals surface area contributed by atoms with E-state index >= 15 is 0 Å². The first-order chi connectivity index (χ1) is 13.5. The Bertz CT molecular complexity index is 880. The highest BCUT2D eigenvalue weighted by molar-refractivity contribution is 5.92. The van der Waals surface area contributed by atoms with Gasteiger partial charge in [-0.25, -0.2) is 4.68 Å². The zero-order chi connectivity index (χ0) is 20.5. The smallest absolute Gasteiger partial charge is 0.308 e. The van der Waals surface area contributed by atoms with Crippen LogP contribution < -0.4 is 15.6 Å². The average Bonchev–Trinajstić information content (AvgIpc) is 2.70. The molecule has 0 aliphatic rings. The maximum Gasteiger partial charge on any atom is 0.308 e. The van der Waals surface area contributed by atoms with Crippen molar-refractivity contribution in [1.82, 2.24) is 15.1 Å². The number of aromatic nitrogens is 2. The monoisotopic (exact) mass is 389 g/mol. The molecule has 2 rings (SSSR count). The Balaban J connectivity index is 2.06. The molecule has 0 fully saturated rings. The zero-order valence-corrected chi connectivity index (χ0v) is 15.8. The van der Waals surface area contributed by atoms with Crippen LogP contribution in [-0.4, -0.2) is 54.1 Å². The third-order valence-corrected chi connectivity index (χ3v) is 4.12. The number of amides is 1. The Morgan fingerprint density at radius 1 is 1.21 bits per heavy atom. The Labute approximate surface area is 161 Å². The summed E-state index contributed by atoms with van der Waals surface area (Å²) in [6.45, 7) is 0.394. The number of para-hydroxylation sites is 1. The predicted molar refractivity (Wildman–Crippen MR) is 101 cm³/mol. The van der Waals surface area contributed by atoms with Gasteiger partial charge < -0.3 is 19.9 Å². The van der Waals surface area contributed by atoms with Crippen LogP contribution >= 0.6 is 0 Å². The molecule has 1 atom stereocenters. The molecule has 1 aromatic heterocycles. The number of carbonyl (C=O) groups is 2. The minimum absolute atomic E-state index is 0.0251. The van der Waals surface area contributed by atoms with Gasteiger partial charge in [0.25, 0.3) is 11.5 Å². The molecule has 1 amide bonds. The number of carbonyl (C=O) groups excluding carboxylic acids is 1. The summed E-state index contributed by atoms with van der Waals surface area (Å²) >= 11 is 0. The molecular formula is C19H23N3O6. The van der Waals surface area contributed by atoms with Crippen molar-refractivity contribution in [2.75, 3.05) is 27.4 Å². The second kappa shape index (κ2) is 10.2. The van der Waals surface area contributed by atoms with Crippen LogP contribution in [-0.2, 0) is 22.5 Å². The van der Waals surface area contributed by atoms with E-state index in [9.17, 15) is 19.5 Å². The number of nitrogens with zero attached hydrogens (tertiary/aromatic N) is 2. The normalized spacial score (nSPS) is 11.6. The van der Waals surface area contributed by atoms with E-state index in [2.05, 4.69) is 10.4 Å². The number of hydrogen-bond acceptors (Lipinski definition) is 6. The van der Waals surface area contributed by atoms with E-state index in [-0.39, 0.29) is 37.4 Å². The van der Waals surface area contributed by atoms with Gasteiger partial charge in [-0.1, -0.05) is 18.2 Å². The van der Waals surface area contributed by atoms with Crippen molar-refractivity contribution in [3.8, 4) is 5.75 Å². The number of rotatable bonds is 10. The Hall–Kier alpha value is -3.20. The maximum absolute atomic E-state index is 12.3. The molecule has 0 aliphatic carbocycles. The quantitative estimate of drug-likeness (QED) is 0.610. The lowest BCUT2D eigenvalue weighted by molar-refractivity contribution is -0.141. The first-order valence-corrected chi connectivity index (χ1v) is 8.66. The fraction of sp³-hybridized carbons (Fsp3) is 0.368. The lowest BCUT2D eigenvalue weighted by Gasteiger charge is -2.15. The number of carboxylic acids is 1. The minimum Gasteiger partial charge on any atom is -0.496 e. The van der Waals surface area contributed by atoms with Crippen LogP contribution in [0.1, 0.15) is 16.1 Å². The third kappa shape index (κ3) is 5.65. The van der Waals surface area contributed by atoms with Gasteiger partial charge in [-0.3, -0.25) is 14.4 Å². The number of nitrogens with one attached hydrogen (secondary N) is 1. The summed E-state index contributed by atoms with van der Waals surface area (Å²) in [5, 5.41) is 16.1. The summed E-state index contributed by atoms with van der Waals surface area (Å²) in [7, 11) is 3.01. The van der Waals surface area contributed by atoms with E-state index in [0.717, 1.165) is 10.2 Å². The van der Waals surface area contributed by atoms with E-state index in [1.54, 1.807) is 24.3 Å². The Kier molecular flexibility index (Phi) is 7.70. The van der Waals surface area contributed by atoms with Gasteiger partial charge in [-0.15, -0.1) is 0 Å². The van der Waals surface area contributed by atoms with E-state index in [1.165, 1.54) is 26.4 Å². The topological polar surface area (TPSA) is 120 Å². The van der Waals surface area contributed by atoms with Crippen LogP contribution in [0.25, 0.3) is 0 Å². The van der Waals surface area contributed by atoms with E-state index in [4.69, 9.17) is 9.47 Å². The summed E-state index contributed by atoms with van der Waals surface area (Å²) in [5.41, 5.74) is 0.406. The molecule has 2 aromatic rings. The standard InChI is InChI=1S/C19H23N3O6/c1-27-10-9-22-17(23)8-7-15(21-22)18(24)20-12-14(19(25)26)11-13-5-3-4-6-16(13)28-2/h3-8,14H,9-12H2,1-2H3,(H,20,24)(H,25,26). The van der Waals surface area contributed by atoms with Gasteiger partial charge in [0.1, 0.15) is 11.4 Å².